The molecule has 2 aromatic carbocycles. The fourth-order valence-corrected chi connectivity index (χ4v) is 3.10. The maximum atomic E-state index is 12.3. The number of methoxy groups -OCH3 is 1. The van der Waals surface area contributed by atoms with Gasteiger partial charge in [0.1, 0.15) is 10.6 Å². The number of primary sulfonamides is 1. The van der Waals surface area contributed by atoms with Gasteiger partial charge in [-0.1, -0.05) is 6.07 Å². The summed E-state index contributed by atoms with van der Waals surface area (Å²) in [5, 5.41) is 7.86. The van der Waals surface area contributed by atoms with Gasteiger partial charge in [0.25, 0.3) is 5.91 Å². The second-order valence-electron chi connectivity index (χ2n) is 5.28. The van der Waals surface area contributed by atoms with Gasteiger partial charge in [-0.2, -0.15) is 0 Å². The molecule has 3 rings (SSSR count). The molecule has 1 amide bonds. The van der Waals surface area contributed by atoms with Crippen LogP contribution in [0.2, 0.25) is 0 Å². The predicted molar refractivity (Wildman–Crippen MR) is 88.1 cm³/mol. The Kier molecular flexibility index (Phi) is 4.51. The number of carbonyl (C=O) groups excluding carboxylic acids is 1. The molecule has 1 aliphatic rings. The minimum Gasteiger partial charge on any atom is -0.495 e. The normalized spacial score (nSPS) is 12.7. The number of ether oxygens (including phenoxy) is 3. The number of hydrogen-bond donors (Lipinski definition) is 2. The van der Waals surface area contributed by atoms with Crippen LogP contribution in [0.4, 0.5) is 0 Å². The SMILES string of the molecule is COc1ccc(C(=O)NCc2ccc3c(c2)OCO3)cc1S(N)(=O)=O. The Bertz CT molecular complexity index is 926. The third-order valence-corrected chi connectivity index (χ3v) is 4.55. The molecule has 3 N–H and O–H groups in total. The van der Waals surface area contributed by atoms with Gasteiger partial charge in [-0.3, -0.25) is 4.79 Å². The van der Waals surface area contributed by atoms with Gasteiger partial charge >= 0.3 is 0 Å². The van der Waals surface area contributed by atoms with E-state index >= 15 is 0 Å². The summed E-state index contributed by atoms with van der Waals surface area (Å²) in [7, 11) is -2.69. The summed E-state index contributed by atoms with van der Waals surface area (Å²) in [6.07, 6.45) is 0. The highest BCUT2D eigenvalue weighted by Crippen LogP contribution is 2.32. The van der Waals surface area contributed by atoms with Gasteiger partial charge in [0.2, 0.25) is 16.8 Å². The van der Waals surface area contributed by atoms with E-state index < -0.39 is 15.9 Å². The number of carbonyl (C=O) groups is 1. The molecule has 8 nitrogen and oxygen atoms in total. The van der Waals surface area contributed by atoms with Crippen molar-refractivity contribution in [3.8, 4) is 17.2 Å². The minimum absolute atomic E-state index is 0.0785. The molecule has 0 aromatic heterocycles. The Labute approximate surface area is 144 Å². The lowest BCUT2D eigenvalue weighted by molar-refractivity contribution is 0.0950. The summed E-state index contributed by atoms with van der Waals surface area (Å²) in [6.45, 7) is 0.416. The van der Waals surface area contributed by atoms with E-state index in [9.17, 15) is 13.2 Å². The Morgan fingerprint density at radius 3 is 2.68 bits per heavy atom. The van der Waals surface area contributed by atoms with E-state index in [2.05, 4.69) is 5.32 Å². The smallest absolute Gasteiger partial charge is 0.251 e. The van der Waals surface area contributed by atoms with Gasteiger partial charge in [-0.15, -0.1) is 0 Å². The number of fused-ring (bicyclic) bond motifs is 1. The van der Waals surface area contributed by atoms with E-state index in [1.807, 2.05) is 0 Å². The lowest BCUT2D eigenvalue weighted by atomic mass is 10.1. The summed E-state index contributed by atoms with van der Waals surface area (Å²) in [5.41, 5.74) is 0.975. The molecule has 0 unspecified atom stereocenters. The lowest BCUT2D eigenvalue weighted by Crippen LogP contribution is -2.23. The fraction of sp³-hybridized carbons (Fsp3) is 0.188. The van der Waals surface area contributed by atoms with Crippen LogP contribution in [-0.2, 0) is 16.6 Å². The van der Waals surface area contributed by atoms with Crippen LogP contribution >= 0.6 is 0 Å². The third-order valence-electron chi connectivity index (χ3n) is 3.62. The molecule has 2 aromatic rings. The van der Waals surface area contributed by atoms with E-state index in [1.165, 1.54) is 25.3 Å². The van der Waals surface area contributed by atoms with E-state index in [4.69, 9.17) is 19.3 Å². The molecule has 0 saturated heterocycles. The molecule has 0 aliphatic carbocycles. The van der Waals surface area contributed by atoms with Crippen LogP contribution in [0.15, 0.2) is 41.3 Å². The molecular formula is C16H16N2O6S. The fourth-order valence-electron chi connectivity index (χ4n) is 2.38. The van der Waals surface area contributed by atoms with Crippen molar-refractivity contribution in [2.24, 2.45) is 5.14 Å². The Hall–Kier alpha value is -2.78. The van der Waals surface area contributed by atoms with Gasteiger partial charge in [0.05, 0.1) is 7.11 Å². The maximum absolute atomic E-state index is 12.3. The zero-order chi connectivity index (χ0) is 18.0. The van der Waals surface area contributed by atoms with Crippen molar-refractivity contribution in [2.45, 2.75) is 11.4 Å². The first-order valence-electron chi connectivity index (χ1n) is 7.26. The van der Waals surface area contributed by atoms with Crippen molar-refractivity contribution < 1.29 is 27.4 Å². The standard InChI is InChI=1S/C16H16N2O6S/c1-22-13-5-3-11(7-15(13)25(17,20)21)16(19)18-8-10-2-4-12-14(6-10)24-9-23-12/h2-7H,8-9H2,1H3,(H,18,19)(H2,17,20,21). The highest BCUT2D eigenvalue weighted by atomic mass is 32.2. The summed E-state index contributed by atoms with van der Waals surface area (Å²) < 4.78 is 38.7. The lowest BCUT2D eigenvalue weighted by Gasteiger charge is -2.10. The molecule has 1 aliphatic heterocycles. The average Bonchev–Trinajstić information content (AvgIpc) is 3.06. The number of nitrogens with one attached hydrogen (secondary N) is 1. The largest absolute Gasteiger partial charge is 0.495 e. The summed E-state index contributed by atoms with van der Waals surface area (Å²) >= 11 is 0. The topological polar surface area (TPSA) is 117 Å². The monoisotopic (exact) mass is 364 g/mol. The number of amides is 1. The Morgan fingerprint density at radius 1 is 1.20 bits per heavy atom. The van der Waals surface area contributed by atoms with E-state index in [1.54, 1.807) is 18.2 Å². The molecule has 132 valence electrons. The summed E-state index contributed by atoms with van der Waals surface area (Å²) in [4.78, 5) is 12.0. The number of hydrogen-bond acceptors (Lipinski definition) is 6. The van der Waals surface area contributed by atoms with Crippen molar-refractivity contribution in [3.63, 3.8) is 0 Å². The highest BCUT2D eigenvalue weighted by Gasteiger charge is 2.18. The molecule has 0 spiro atoms. The molecule has 1 heterocycles. The molecule has 9 heteroatoms. The van der Waals surface area contributed by atoms with Crippen LogP contribution in [0, 0.1) is 0 Å². The molecule has 25 heavy (non-hydrogen) atoms. The summed E-state index contributed by atoms with van der Waals surface area (Å²) in [5.74, 6) is 0.913. The van der Waals surface area contributed by atoms with Crippen LogP contribution in [0.1, 0.15) is 15.9 Å². The first kappa shape index (κ1) is 17.1. The maximum Gasteiger partial charge on any atom is 0.251 e. The second kappa shape index (κ2) is 6.61. The molecule has 0 fully saturated rings. The van der Waals surface area contributed by atoms with Crippen molar-refractivity contribution in [2.75, 3.05) is 13.9 Å². The van der Waals surface area contributed by atoms with Crippen LogP contribution in [-0.4, -0.2) is 28.2 Å². The van der Waals surface area contributed by atoms with Gasteiger partial charge in [-0.25, -0.2) is 13.6 Å². The van der Waals surface area contributed by atoms with Crippen LogP contribution in [0.3, 0.4) is 0 Å². The molecule has 0 saturated carbocycles. The van der Waals surface area contributed by atoms with Gasteiger partial charge in [0, 0.05) is 12.1 Å². The first-order chi connectivity index (χ1) is 11.9. The predicted octanol–water partition coefficient (Wildman–Crippen LogP) is 1.00. The van der Waals surface area contributed by atoms with Gasteiger partial charge in [-0.05, 0) is 35.9 Å². The average molecular weight is 364 g/mol. The number of rotatable bonds is 5. The van der Waals surface area contributed by atoms with Crippen molar-refractivity contribution in [1.29, 1.82) is 0 Å². The Morgan fingerprint density at radius 2 is 1.96 bits per heavy atom. The van der Waals surface area contributed by atoms with Gasteiger partial charge < -0.3 is 19.5 Å². The second-order valence-corrected chi connectivity index (χ2v) is 6.81. The van der Waals surface area contributed by atoms with Crippen LogP contribution in [0.25, 0.3) is 0 Å². The molecular weight excluding hydrogens is 348 g/mol. The van der Waals surface area contributed by atoms with Crippen LogP contribution < -0.4 is 24.7 Å². The molecule has 0 atom stereocenters. The number of nitrogens with two attached hydrogens (primary N) is 1. The number of benzene rings is 2. The summed E-state index contributed by atoms with van der Waals surface area (Å²) in [6, 6.07) is 9.36. The van der Waals surface area contributed by atoms with Gasteiger partial charge in [0.15, 0.2) is 11.5 Å². The van der Waals surface area contributed by atoms with Crippen molar-refractivity contribution in [1.82, 2.24) is 5.32 Å². The molecule has 0 bridgehead atoms. The van der Waals surface area contributed by atoms with E-state index in [0.717, 1.165) is 5.56 Å². The Balaban J connectivity index is 1.75. The molecule has 0 radical (unpaired) electrons. The van der Waals surface area contributed by atoms with E-state index in [0.29, 0.717) is 11.5 Å². The van der Waals surface area contributed by atoms with Crippen molar-refractivity contribution >= 4 is 15.9 Å². The highest BCUT2D eigenvalue weighted by molar-refractivity contribution is 7.89. The quantitative estimate of drug-likeness (QED) is 0.817. The van der Waals surface area contributed by atoms with E-state index in [-0.39, 0.29) is 29.5 Å². The minimum atomic E-state index is -4.01. The van der Waals surface area contributed by atoms with Crippen LogP contribution in [0.5, 0.6) is 17.2 Å². The first-order valence-corrected chi connectivity index (χ1v) is 8.80. The number of sulfonamides is 1. The third kappa shape index (κ3) is 3.67. The van der Waals surface area contributed by atoms with Crippen molar-refractivity contribution in [3.05, 3.63) is 47.5 Å². The zero-order valence-electron chi connectivity index (χ0n) is 13.3. The zero-order valence-corrected chi connectivity index (χ0v) is 14.1.